The van der Waals surface area contributed by atoms with E-state index in [0.717, 1.165) is 6.54 Å². The Kier molecular flexibility index (Phi) is 20.9. The summed E-state index contributed by atoms with van der Waals surface area (Å²) in [7, 11) is 0. The summed E-state index contributed by atoms with van der Waals surface area (Å²) < 4.78 is 2.53. The largest absolute Gasteiger partial charge is 0.257 e. The Morgan fingerprint density at radius 3 is 1.51 bits per heavy atom. The number of nitrogens with one attached hydrogen (secondary N) is 1. The molecule has 0 aliphatic carbocycles. The van der Waals surface area contributed by atoms with E-state index in [1.165, 1.54) is 165 Å². The molecule has 2 rings (SSSR count). The van der Waals surface area contributed by atoms with Crippen molar-refractivity contribution in [2.24, 2.45) is 0 Å². The number of imidazole rings is 1. The first kappa shape index (κ1) is 33.6. The van der Waals surface area contributed by atoms with Gasteiger partial charge in [-0.1, -0.05) is 173 Å². The summed E-state index contributed by atoms with van der Waals surface area (Å²) in [6.45, 7) is 5.75. The molecule has 0 saturated heterocycles. The number of aromatic amines is 1. The Morgan fingerprint density at radius 1 is 0.564 bits per heavy atom. The summed E-state index contributed by atoms with van der Waals surface area (Å²) in [6.07, 6.45) is 38.1. The molecule has 222 valence electrons. The molecule has 0 aliphatic rings. The second-order valence-corrected chi connectivity index (χ2v) is 12.3. The van der Waals surface area contributed by atoms with E-state index in [-0.39, 0.29) is 0 Å². The van der Waals surface area contributed by atoms with E-state index in [0.29, 0.717) is 5.92 Å². The van der Waals surface area contributed by atoms with E-state index in [2.05, 4.69) is 66.1 Å². The van der Waals surface area contributed by atoms with Gasteiger partial charge in [0.15, 0.2) is 0 Å². The molecule has 1 N–H and O–H groups in total. The third-order valence-corrected chi connectivity index (χ3v) is 8.70. The van der Waals surface area contributed by atoms with Gasteiger partial charge in [0.05, 0.1) is 12.5 Å². The van der Waals surface area contributed by atoms with Crippen LogP contribution in [0.4, 0.5) is 0 Å². The van der Waals surface area contributed by atoms with E-state index in [9.17, 15) is 0 Å². The highest BCUT2D eigenvalue weighted by molar-refractivity contribution is 5.14. The molecule has 39 heavy (non-hydrogen) atoms. The molecular formula is C37H65N2+. The Labute approximate surface area is 243 Å². The first-order valence-corrected chi connectivity index (χ1v) is 17.5. The highest BCUT2D eigenvalue weighted by atomic mass is 15.1. The minimum Gasteiger partial charge on any atom is -0.247 e. The second-order valence-electron chi connectivity index (χ2n) is 12.3. The van der Waals surface area contributed by atoms with Crippen molar-refractivity contribution in [3.63, 3.8) is 0 Å². The van der Waals surface area contributed by atoms with Gasteiger partial charge in [0.1, 0.15) is 12.4 Å². The Morgan fingerprint density at radius 2 is 1.03 bits per heavy atom. The van der Waals surface area contributed by atoms with Gasteiger partial charge in [-0.3, -0.25) is 0 Å². The van der Waals surface area contributed by atoms with Crippen LogP contribution < -0.4 is 4.57 Å². The lowest BCUT2D eigenvalue weighted by Crippen LogP contribution is -2.37. The summed E-state index contributed by atoms with van der Waals surface area (Å²) >= 11 is 0. The van der Waals surface area contributed by atoms with Crippen molar-refractivity contribution in [3.8, 4) is 0 Å². The van der Waals surface area contributed by atoms with Crippen molar-refractivity contribution in [1.82, 2.24) is 4.98 Å². The molecule has 0 fully saturated rings. The number of unbranched alkanes of at least 4 members (excludes halogenated alkanes) is 18. The topological polar surface area (TPSA) is 19.7 Å². The average Bonchev–Trinajstić information content (AvgIpc) is 3.42. The fourth-order valence-electron chi connectivity index (χ4n) is 6.20. The predicted molar refractivity (Wildman–Crippen MR) is 171 cm³/mol. The summed E-state index contributed by atoms with van der Waals surface area (Å²) in [5.41, 5.74) is 1.46. The van der Waals surface area contributed by atoms with Gasteiger partial charge in [0.2, 0.25) is 0 Å². The highest BCUT2D eigenvalue weighted by Gasteiger charge is 2.22. The van der Waals surface area contributed by atoms with Gasteiger partial charge in [0, 0.05) is 0 Å². The monoisotopic (exact) mass is 538 g/mol. The second kappa shape index (κ2) is 24.2. The molecule has 0 unspecified atom stereocenters. The Bertz CT molecular complexity index is 765. The first-order valence-electron chi connectivity index (χ1n) is 17.5. The number of hydrogen-bond acceptors (Lipinski definition) is 0. The molecular weight excluding hydrogens is 472 g/mol. The normalized spacial score (nSPS) is 12.3. The molecule has 1 heterocycles. The van der Waals surface area contributed by atoms with Crippen LogP contribution in [0.1, 0.15) is 179 Å². The van der Waals surface area contributed by atoms with Crippen LogP contribution in [0.3, 0.4) is 0 Å². The van der Waals surface area contributed by atoms with Crippen molar-refractivity contribution < 1.29 is 4.57 Å². The summed E-state index contributed by atoms with van der Waals surface area (Å²) in [5, 5.41) is 0. The van der Waals surface area contributed by atoms with Crippen LogP contribution in [0.5, 0.6) is 0 Å². The molecule has 1 aromatic heterocycles. The molecule has 0 saturated carbocycles. The van der Waals surface area contributed by atoms with Gasteiger partial charge < -0.3 is 0 Å². The minimum atomic E-state index is 0.695. The zero-order valence-corrected chi connectivity index (χ0v) is 26.2. The Hall–Kier alpha value is -1.57. The molecule has 0 radical (unpaired) electrons. The minimum absolute atomic E-state index is 0.695. The van der Waals surface area contributed by atoms with Gasteiger partial charge in [-0.25, -0.2) is 9.55 Å². The highest BCUT2D eigenvalue weighted by Crippen LogP contribution is 2.26. The van der Waals surface area contributed by atoms with Crippen LogP contribution in [-0.2, 0) is 13.0 Å². The number of aryl methyl sites for hydroxylation is 2. The van der Waals surface area contributed by atoms with Crippen LogP contribution in [0.2, 0.25) is 0 Å². The van der Waals surface area contributed by atoms with E-state index in [1.54, 1.807) is 0 Å². The molecule has 0 bridgehead atoms. The van der Waals surface area contributed by atoms with Crippen LogP contribution >= 0.6 is 0 Å². The zero-order chi connectivity index (χ0) is 27.6. The lowest BCUT2D eigenvalue weighted by atomic mass is 9.93. The third-order valence-electron chi connectivity index (χ3n) is 8.70. The third kappa shape index (κ3) is 17.0. The van der Waals surface area contributed by atoms with Crippen LogP contribution in [0.25, 0.3) is 0 Å². The summed E-state index contributed by atoms with van der Waals surface area (Å²) in [5.74, 6) is 2.18. The maximum atomic E-state index is 3.67. The summed E-state index contributed by atoms with van der Waals surface area (Å²) in [4.78, 5) is 3.67. The average molecular weight is 538 g/mol. The van der Waals surface area contributed by atoms with Gasteiger partial charge in [0.25, 0.3) is 5.82 Å². The molecule has 2 nitrogen and oxygen atoms in total. The van der Waals surface area contributed by atoms with Crippen LogP contribution in [0, 0.1) is 0 Å². The molecule has 2 aromatic rings. The van der Waals surface area contributed by atoms with Crippen molar-refractivity contribution in [3.05, 3.63) is 54.1 Å². The Balaban J connectivity index is 1.62. The fraction of sp³-hybridized carbons (Fsp3) is 0.757. The number of benzene rings is 1. The lowest BCUT2D eigenvalue weighted by molar-refractivity contribution is -0.704. The van der Waals surface area contributed by atoms with Crippen molar-refractivity contribution in [2.45, 2.75) is 180 Å². The lowest BCUT2D eigenvalue weighted by Gasteiger charge is -2.14. The fourth-order valence-corrected chi connectivity index (χ4v) is 6.20. The van der Waals surface area contributed by atoms with Crippen molar-refractivity contribution in [2.75, 3.05) is 0 Å². The SMILES string of the molecule is CCCCCCCCCCCCCCCCC[C@H](CCCCCCC)c1[nH]cc[n+]1CCCc1ccccc1. The quantitative estimate of drug-likeness (QED) is 0.0863. The first-order chi connectivity index (χ1) is 19.3. The van der Waals surface area contributed by atoms with Gasteiger partial charge in [-0.15, -0.1) is 0 Å². The van der Waals surface area contributed by atoms with Gasteiger partial charge >= 0.3 is 0 Å². The van der Waals surface area contributed by atoms with Gasteiger partial charge in [-0.05, 0) is 31.2 Å². The van der Waals surface area contributed by atoms with Crippen molar-refractivity contribution in [1.29, 1.82) is 0 Å². The van der Waals surface area contributed by atoms with Crippen molar-refractivity contribution >= 4 is 0 Å². The smallest absolute Gasteiger partial charge is 0.247 e. The maximum Gasteiger partial charge on any atom is 0.257 e. The van der Waals surface area contributed by atoms with E-state index in [1.807, 2.05) is 0 Å². The number of aromatic nitrogens is 2. The van der Waals surface area contributed by atoms with E-state index >= 15 is 0 Å². The van der Waals surface area contributed by atoms with Crippen LogP contribution in [-0.4, -0.2) is 4.98 Å². The predicted octanol–water partition coefficient (Wildman–Crippen LogP) is 11.6. The molecule has 1 aromatic carbocycles. The van der Waals surface area contributed by atoms with E-state index in [4.69, 9.17) is 0 Å². The molecule has 0 aliphatic heterocycles. The molecule has 0 spiro atoms. The summed E-state index contributed by atoms with van der Waals surface area (Å²) in [6, 6.07) is 11.0. The number of rotatable bonds is 27. The number of nitrogens with zero attached hydrogens (tertiary/aromatic N) is 1. The van der Waals surface area contributed by atoms with Gasteiger partial charge in [-0.2, -0.15) is 0 Å². The van der Waals surface area contributed by atoms with Crippen LogP contribution in [0.15, 0.2) is 42.7 Å². The molecule has 1 atom stereocenters. The van der Waals surface area contributed by atoms with E-state index < -0.39 is 0 Å². The standard InChI is InChI=1S/C37H64N2/c1-3-5-7-9-10-11-12-13-14-15-16-17-18-20-25-31-36(30-24-19-8-6-4-2)37-38-32-34-39(37)33-26-29-35-27-22-21-23-28-35/h21-23,27-28,32,34,36H,3-20,24-26,29-31,33H2,1-2H3/p+1/t36-/m0/s1. The number of H-pyrrole nitrogens is 1. The maximum absolute atomic E-state index is 3.67. The molecule has 2 heteroatoms. The number of hydrogen-bond donors (Lipinski definition) is 1. The zero-order valence-electron chi connectivity index (χ0n) is 26.2. The molecule has 0 amide bonds.